The van der Waals surface area contributed by atoms with E-state index in [2.05, 4.69) is 21.6 Å². The lowest BCUT2D eigenvalue weighted by atomic mass is 9.61. The predicted molar refractivity (Wildman–Crippen MR) is 212 cm³/mol. The molecule has 0 radical (unpaired) electrons. The first-order valence-electron chi connectivity index (χ1n) is 19.1. The number of fused-ring (bicyclic) bond motifs is 5. The molecule has 7 atom stereocenters. The highest BCUT2D eigenvalue weighted by Gasteiger charge is 2.64. The van der Waals surface area contributed by atoms with Gasteiger partial charge in [-0.05, 0) is 88.4 Å². The SMILES string of the molecule is C/C=C(\C)C(=O)O[C@]1(C)CC=C2CSS[C@@H]3CC[C@H](NC)[C@H]4CN(C(=O)CC5=C(C=C(N)NC5)[C@H]2[C@]12Cc1cc5cc(CCCO)c(=O)oc5cc1O2)[C@@H]43. The number of benzene rings is 1. The number of aliphatic hydroxyl groups excluding tert-OH is 1. The van der Waals surface area contributed by atoms with Gasteiger partial charge in [-0.25, -0.2) is 9.59 Å². The van der Waals surface area contributed by atoms with Crippen LogP contribution in [0.3, 0.4) is 0 Å². The summed E-state index contributed by atoms with van der Waals surface area (Å²) in [5, 5.41) is 17.3. The Balaban J connectivity index is 1.27. The average molecular weight is 775 g/mol. The van der Waals surface area contributed by atoms with Crippen LogP contribution in [0.4, 0.5) is 0 Å². The molecule has 0 unspecified atom stereocenters. The summed E-state index contributed by atoms with van der Waals surface area (Å²) in [4.78, 5) is 43.1. The lowest BCUT2D eigenvalue weighted by Gasteiger charge is -2.57. The number of carbonyl (C=O) groups excluding carboxylic acids is 2. The van der Waals surface area contributed by atoms with E-state index in [0.29, 0.717) is 77.7 Å². The van der Waals surface area contributed by atoms with E-state index in [-0.39, 0.29) is 25.0 Å². The number of nitrogens with zero attached hydrogens (tertiary/aromatic N) is 1. The van der Waals surface area contributed by atoms with Crippen molar-refractivity contribution in [1.82, 2.24) is 15.5 Å². The summed E-state index contributed by atoms with van der Waals surface area (Å²) >= 11 is 0. The van der Waals surface area contributed by atoms with Crippen molar-refractivity contribution in [2.45, 2.75) is 94.3 Å². The van der Waals surface area contributed by atoms with Crippen LogP contribution in [0.5, 0.6) is 5.75 Å². The van der Waals surface area contributed by atoms with Crippen LogP contribution in [0.25, 0.3) is 11.0 Å². The second kappa shape index (κ2) is 14.5. The highest BCUT2D eigenvalue weighted by molar-refractivity contribution is 8.77. The van der Waals surface area contributed by atoms with Gasteiger partial charge in [0.2, 0.25) is 5.91 Å². The van der Waals surface area contributed by atoms with E-state index in [1.54, 1.807) is 19.1 Å². The zero-order valence-corrected chi connectivity index (χ0v) is 33.0. The zero-order valence-electron chi connectivity index (χ0n) is 31.4. The lowest BCUT2D eigenvalue weighted by Crippen LogP contribution is -2.69. The van der Waals surface area contributed by atoms with Gasteiger partial charge in [0, 0.05) is 78.1 Å². The monoisotopic (exact) mass is 774 g/mol. The van der Waals surface area contributed by atoms with Gasteiger partial charge in [-0.2, -0.15) is 0 Å². The second-order valence-electron chi connectivity index (χ2n) is 15.8. The Kier molecular flexibility index (Phi) is 9.98. The molecular weight excluding hydrogens is 725 g/mol. The van der Waals surface area contributed by atoms with Crippen LogP contribution in [-0.4, -0.2) is 82.9 Å². The quantitative estimate of drug-likeness (QED) is 0.106. The predicted octanol–water partition coefficient (Wildman–Crippen LogP) is 4.67. The molecule has 1 aromatic heterocycles. The standard InChI is InChI=1S/C41H50N4O7S2/c1-5-22(2)38(48)52-40(3)11-10-24-21-53-54-33-9-8-30(43-4)29-20-45(37(29)33)35(47)15-27-19-44-34(42)16-28(27)36(24)41(40)18-26-14-25-13-23(7-6-12-46)39(49)50-31(25)17-32(26)51-41/h5,10,13-14,16-17,29-30,33,36-37,43-44,46H,6-9,11-12,15,18-21,42H2,1-4H3/b22-5+/t29-,30+,33-,36+,37+,40-,41-/m1/s1. The zero-order chi connectivity index (χ0) is 37.9. The molecular formula is C41H50N4O7S2. The molecule has 54 heavy (non-hydrogen) atoms. The molecule has 13 heteroatoms. The fourth-order valence-corrected chi connectivity index (χ4v) is 12.8. The van der Waals surface area contributed by atoms with Crippen LogP contribution in [-0.2, 0) is 27.2 Å². The van der Waals surface area contributed by atoms with Crippen molar-refractivity contribution in [1.29, 1.82) is 0 Å². The fraction of sp³-hybridized carbons (Fsp3) is 0.537. The van der Waals surface area contributed by atoms with Gasteiger partial charge in [-0.1, -0.05) is 39.3 Å². The molecule has 288 valence electrons. The van der Waals surface area contributed by atoms with E-state index in [1.807, 2.05) is 60.7 Å². The van der Waals surface area contributed by atoms with Crippen molar-refractivity contribution in [3.05, 3.63) is 86.1 Å². The maximum absolute atomic E-state index is 14.3. The molecule has 2 aliphatic carbocycles. The molecule has 8 rings (SSSR count). The number of carbonyl (C=O) groups is 2. The number of amides is 1. The van der Waals surface area contributed by atoms with Crippen molar-refractivity contribution >= 4 is 44.4 Å². The van der Waals surface area contributed by atoms with Crippen LogP contribution in [0.1, 0.15) is 64.0 Å². The minimum atomic E-state index is -1.15. The topological polar surface area (TPSA) is 156 Å². The summed E-state index contributed by atoms with van der Waals surface area (Å²) < 4.78 is 19.7. The molecule has 1 amide bonds. The van der Waals surface area contributed by atoms with Crippen LogP contribution in [0.2, 0.25) is 0 Å². The van der Waals surface area contributed by atoms with E-state index in [9.17, 15) is 19.5 Å². The molecule has 6 aliphatic rings. The maximum atomic E-state index is 14.3. The number of ether oxygens (including phenoxy) is 2. The first kappa shape index (κ1) is 37.3. The van der Waals surface area contributed by atoms with Crippen molar-refractivity contribution in [3.63, 3.8) is 0 Å². The van der Waals surface area contributed by atoms with Crippen LogP contribution in [0.15, 0.2) is 73.8 Å². The van der Waals surface area contributed by atoms with Crippen LogP contribution < -0.4 is 26.7 Å². The fourth-order valence-electron chi connectivity index (χ4n) is 9.64. The minimum absolute atomic E-state index is 0.0233. The van der Waals surface area contributed by atoms with Crippen molar-refractivity contribution in [2.75, 3.05) is 32.5 Å². The molecule has 4 aliphatic heterocycles. The number of nitrogens with two attached hydrogens (primary N) is 1. The first-order chi connectivity index (χ1) is 26.0. The van der Waals surface area contributed by atoms with Crippen LogP contribution in [0, 0.1) is 11.8 Å². The average Bonchev–Trinajstić information content (AvgIpc) is 3.51. The van der Waals surface area contributed by atoms with E-state index >= 15 is 0 Å². The Morgan fingerprint density at radius 1 is 1.26 bits per heavy atom. The van der Waals surface area contributed by atoms with Gasteiger partial charge < -0.3 is 40.3 Å². The van der Waals surface area contributed by atoms with E-state index in [0.717, 1.165) is 52.8 Å². The smallest absolute Gasteiger partial charge is 0.339 e. The number of allylic oxidation sites excluding steroid dienone is 2. The van der Waals surface area contributed by atoms with Crippen LogP contribution >= 0.6 is 21.6 Å². The molecule has 11 nitrogen and oxygen atoms in total. The summed E-state index contributed by atoms with van der Waals surface area (Å²) in [6.45, 7) is 6.68. The first-order valence-corrected chi connectivity index (χ1v) is 21.5. The van der Waals surface area contributed by atoms with Crippen molar-refractivity contribution in [3.8, 4) is 5.75 Å². The third-order valence-corrected chi connectivity index (χ3v) is 15.6. The number of hydrogen-bond acceptors (Lipinski definition) is 12. The summed E-state index contributed by atoms with van der Waals surface area (Å²) in [5.41, 5.74) is 9.18. The normalized spacial score (nSPS) is 32.1. The van der Waals surface area contributed by atoms with Crippen molar-refractivity contribution in [2.24, 2.45) is 17.6 Å². The Labute approximate surface area is 323 Å². The molecule has 1 saturated heterocycles. The summed E-state index contributed by atoms with van der Waals surface area (Å²) in [6.07, 6.45) is 9.99. The third kappa shape index (κ3) is 6.19. The van der Waals surface area contributed by atoms with Crippen molar-refractivity contribution < 1.29 is 28.6 Å². The molecule has 0 bridgehead atoms. The molecule has 1 saturated carbocycles. The molecule has 5 heterocycles. The summed E-state index contributed by atoms with van der Waals surface area (Å²) in [7, 11) is 5.76. The summed E-state index contributed by atoms with van der Waals surface area (Å²) in [6, 6.07) is 6.24. The molecule has 1 spiro atoms. The number of hydrogen-bond donors (Lipinski definition) is 4. The van der Waals surface area contributed by atoms with Gasteiger partial charge in [-0.3, -0.25) is 4.79 Å². The van der Waals surface area contributed by atoms with E-state index in [4.69, 9.17) is 19.6 Å². The molecule has 2 fully saturated rings. The number of aryl methyl sites for hydroxylation is 1. The Bertz CT molecular complexity index is 2070. The lowest BCUT2D eigenvalue weighted by molar-refractivity contribution is -0.186. The molecule has 2 aromatic rings. The van der Waals surface area contributed by atoms with Gasteiger partial charge in [0.1, 0.15) is 11.3 Å². The Morgan fingerprint density at radius 3 is 2.87 bits per heavy atom. The van der Waals surface area contributed by atoms with Gasteiger partial charge in [0.05, 0.1) is 24.2 Å². The number of esters is 1. The van der Waals surface area contributed by atoms with E-state index < -0.39 is 28.7 Å². The maximum Gasteiger partial charge on any atom is 0.339 e. The van der Waals surface area contributed by atoms with E-state index in [1.165, 1.54) is 0 Å². The van der Waals surface area contributed by atoms with Gasteiger partial charge in [-0.15, -0.1) is 0 Å². The van der Waals surface area contributed by atoms with Gasteiger partial charge in [0.25, 0.3) is 0 Å². The summed E-state index contributed by atoms with van der Waals surface area (Å²) in [5.74, 6) is 1.51. The number of aliphatic hydroxyl groups is 1. The number of dihydropyridines is 1. The highest BCUT2D eigenvalue weighted by atomic mass is 33.1. The second-order valence-corrected chi connectivity index (χ2v) is 18.4. The Morgan fingerprint density at radius 2 is 2.09 bits per heavy atom. The highest BCUT2D eigenvalue weighted by Crippen LogP contribution is 2.58. The third-order valence-electron chi connectivity index (χ3n) is 12.8. The largest absolute Gasteiger partial charge is 0.481 e. The van der Waals surface area contributed by atoms with Gasteiger partial charge >= 0.3 is 11.6 Å². The Hall–Kier alpha value is -3.65. The number of rotatable bonds is 6. The number of nitrogens with one attached hydrogen (secondary N) is 2. The minimum Gasteiger partial charge on any atom is -0.481 e. The molecule has 1 aromatic carbocycles. The van der Waals surface area contributed by atoms with Gasteiger partial charge in [0.15, 0.2) is 11.2 Å². The molecule has 5 N–H and O–H groups in total.